The Morgan fingerprint density at radius 2 is 2.12 bits per heavy atom. The first-order valence-corrected chi connectivity index (χ1v) is 8.22. The van der Waals surface area contributed by atoms with Crippen molar-refractivity contribution < 1.29 is 18.7 Å². The highest BCUT2D eigenvalue weighted by Gasteiger charge is 2.28. The Morgan fingerprint density at radius 1 is 1.28 bits per heavy atom. The predicted octanol–water partition coefficient (Wildman–Crippen LogP) is 1.76. The van der Waals surface area contributed by atoms with Crippen LogP contribution in [0.2, 0.25) is 0 Å². The standard InChI is InChI=1S/C18H21N3O4/c19-15(12-6-7-12)10-20-17(22)11-25-14-4-1-3-13(9-14)21-18(23)16-5-2-8-24-16/h1-5,8-9,12,15H,6-7,10-11,19H2,(H,20,22)(H,21,23). The van der Waals surface area contributed by atoms with E-state index in [1.807, 2.05) is 0 Å². The molecule has 1 heterocycles. The van der Waals surface area contributed by atoms with Crippen LogP contribution in [0.4, 0.5) is 5.69 Å². The molecule has 4 N–H and O–H groups in total. The lowest BCUT2D eigenvalue weighted by Crippen LogP contribution is -2.40. The highest BCUT2D eigenvalue weighted by molar-refractivity contribution is 6.02. The lowest BCUT2D eigenvalue weighted by Gasteiger charge is -2.12. The van der Waals surface area contributed by atoms with E-state index in [0.29, 0.717) is 23.9 Å². The van der Waals surface area contributed by atoms with Crippen molar-refractivity contribution in [3.8, 4) is 5.75 Å². The number of amides is 2. The molecule has 2 amide bonds. The van der Waals surface area contributed by atoms with Crippen LogP contribution < -0.4 is 21.1 Å². The maximum atomic E-state index is 11.9. The van der Waals surface area contributed by atoms with E-state index < -0.39 is 0 Å². The predicted molar refractivity (Wildman–Crippen MR) is 92.3 cm³/mol. The Balaban J connectivity index is 1.46. The van der Waals surface area contributed by atoms with Gasteiger partial charge in [-0.25, -0.2) is 0 Å². The van der Waals surface area contributed by atoms with Crippen molar-refractivity contribution in [3.05, 3.63) is 48.4 Å². The van der Waals surface area contributed by atoms with Crippen molar-refractivity contribution in [1.29, 1.82) is 0 Å². The lowest BCUT2D eigenvalue weighted by molar-refractivity contribution is -0.123. The van der Waals surface area contributed by atoms with Crippen molar-refractivity contribution in [3.63, 3.8) is 0 Å². The number of anilines is 1. The molecule has 0 spiro atoms. The highest BCUT2D eigenvalue weighted by Crippen LogP contribution is 2.31. The Morgan fingerprint density at radius 3 is 2.84 bits per heavy atom. The van der Waals surface area contributed by atoms with Gasteiger partial charge in [-0.05, 0) is 43.0 Å². The molecule has 3 rings (SSSR count). The second-order valence-electron chi connectivity index (χ2n) is 6.05. The van der Waals surface area contributed by atoms with Gasteiger partial charge in [-0.2, -0.15) is 0 Å². The van der Waals surface area contributed by atoms with Crippen LogP contribution in [-0.2, 0) is 4.79 Å². The van der Waals surface area contributed by atoms with E-state index in [1.165, 1.54) is 6.26 Å². The van der Waals surface area contributed by atoms with Crippen LogP contribution >= 0.6 is 0 Å². The quantitative estimate of drug-likeness (QED) is 0.677. The van der Waals surface area contributed by atoms with E-state index in [9.17, 15) is 9.59 Å². The van der Waals surface area contributed by atoms with Crippen molar-refractivity contribution >= 4 is 17.5 Å². The lowest BCUT2D eigenvalue weighted by atomic mass is 10.2. The van der Waals surface area contributed by atoms with Gasteiger partial charge in [-0.15, -0.1) is 0 Å². The SMILES string of the molecule is NC(CNC(=O)COc1cccc(NC(=O)c2ccco2)c1)C1CC1. The normalized spacial score (nSPS) is 14.6. The van der Waals surface area contributed by atoms with Gasteiger partial charge >= 0.3 is 0 Å². The minimum atomic E-state index is -0.353. The third-order valence-electron chi connectivity index (χ3n) is 3.97. The molecular formula is C18H21N3O4. The average molecular weight is 343 g/mol. The fourth-order valence-corrected chi connectivity index (χ4v) is 2.39. The number of nitrogens with two attached hydrogens (primary N) is 1. The Bertz CT molecular complexity index is 726. The highest BCUT2D eigenvalue weighted by atomic mass is 16.5. The summed E-state index contributed by atoms with van der Waals surface area (Å²) in [6, 6.07) is 10.0. The number of hydrogen-bond acceptors (Lipinski definition) is 5. The summed E-state index contributed by atoms with van der Waals surface area (Å²) in [5.41, 5.74) is 6.49. The van der Waals surface area contributed by atoms with Crippen molar-refractivity contribution in [2.24, 2.45) is 11.7 Å². The van der Waals surface area contributed by atoms with E-state index in [-0.39, 0.29) is 30.2 Å². The molecule has 1 aliphatic rings. The molecule has 25 heavy (non-hydrogen) atoms. The van der Waals surface area contributed by atoms with E-state index in [2.05, 4.69) is 10.6 Å². The van der Waals surface area contributed by atoms with Crippen LogP contribution in [0.3, 0.4) is 0 Å². The van der Waals surface area contributed by atoms with E-state index in [0.717, 1.165) is 12.8 Å². The zero-order valence-corrected chi connectivity index (χ0v) is 13.7. The fourth-order valence-electron chi connectivity index (χ4n) is 2.39. The van der Waals surface area contributed by atoms with Crippen LogP contribution in [0.5, 0.6) is 5.75 Å². The summed E-state index contributed by atoms with van der Waals surface area (Å²) in [5, 5.41) is 5.47. The van der Waals surface area contributed by atoms with Gasteiger partial charge in [-0.1, -0.05) is 6.07 Å². The molecular weight excluding hydrogens is 322 g/mol. The largest absolute Gasteiger partial charge is 0.484 e. The number of carbonyl (C=O) groups excluding carboxylic acids is 2. The van der Waals surface area contributed by atoms with Gasteiger partial charge in [0.25, 0.3) is 11.8 Å². The molecule has 7 nitrogen and oxygen atoms in total. The zero-order valence-electron chi connectivity index (χ0n) is 13.7. The first-order chi connectivity index (χ1) is 12.1. The van der Waals surface area contributed by atoms with Crippen LogP contribution in [0, 0.1) is 5.92 Å². The number of rotatable bonds is 8. The Labute approximate surface area is 145 Å². The summed E-state index contributed by atoms with van der Waals surface area (Å²) in [6.07, 6.45) is 3.72. The number of carbonyl (C=O) groups is 2. The number of ether oxygens (including phenoxy) is 1. The molecule has 1 aromatic heterocycles. The van der Waals surface area contributed by atoms with Crippen molar-refractivity contribution in [2.75, 3.05) is 18.5 Å². The van der Waals surface area contributed by atoms with Crippen LogP contribution in [0.1, 0.15) is 23.4 Å². The molecule has 0 radical (unpaired) electrons. The molecule has 132 valence electrons. The van der Waals surface area contributed by atoms with E-state index >= 15 is 0 Å². The second kappa shape index (κ2) is 7.85. The van der Waals surface area contributed by atoms with Crippen LogP contribution in [0.25, 0.3) is 0 Å². The summed E-state index contributed by atoms with van der Waals surface area (Å²) in [5.74, 6) is 0.669. The third kappa shape index (κ3) is 5.09. The fraction of sp³-hybridized carbons (Fsp3) is 0.333. The molecule has 0 saturated heterocycles. The third-order valence-corrected chi connectivity index (χ3v) is 3.97. The average Bonchev–Trinajstić information content (AvgIpc) is 3.32. The number of nitrogens with one attached hydrogen (secondary N) is 2. The summed E-state index contributed by atoms with van der Waals surface area (Å²) in [4.78, 5) is 23.7. The van der Waals surface area contributed by atoms with E-state index in [1.54, 1.807) is 36.4 Å². The van der Waals surface area contributed by atoms with Gasteiger partial charge in [0.05, 0.1) is 6.26 Å². The molecule has 0 bridgehead atoms. The van der Waals surface area contributed by atoms with E-state index in [4.69, 9.17) is 14.9 Å². The number of hydrogen-bond donors (Lipinski definition) is 3. The van der Waals surface area contributed by atoms with Gasteiger partial charge in [0.2, 0.25) is 0 Å². The topological polar surface area (TPSA) is 107 Å². The molecule has 1 fully saturated rings. The summed E-state index contributed by atoms with van der Waals surface area (Å²) < 4.78 is 10.5. The minimum Gasteiger partial charge on any atom is -0.484 e. The second-order valence-corrected chi connectivity index (χ2v) is 6.05. The zero-order chi connectivity index (χ0) is 17.6. The van der Waals surface area contributed by atoms with Gasteiger partial charge in [0, 0.05) is 24.3 Å². The summed E-state index contributed by atoms with van der Waals surface area (Å²) in [7, 11) is 0. The molecule has 1 aromatic carbocycles. The van der Waals surface area contributed by atoms with Gasteiger partial charge in [0.15, 0.2) is 12.4 Å². The van der Waals surface area contributed by atoms with Gasteiger partial charge < -0.3 is 25.5 Å². The molecule has 1 saturated carbocycles. The van der Waals surface area contributed by atoms with Gasteiger partial charge in [0.1, 0.15) is 5.75 Å². The summed E-state index contributed by atoms with van der Waals surface area (Å²) in [6.45, 7) is 0.360. The Kier molecular flexibility index (Phi) is 5.35. The molecule has 2 aromatic rings. The smallest absolute Gasteiger partial charge is 0.291 e. The van der Waals surface area contributed by atoms with Gasteiger partial charge in [-0.3, -0.25) is 9.59 Å². The van der Waals surface area contributed by atoms with Crippen LogP contribution in [0.15, 0.2) is 47.1 Å². The van der Waals surface area contributed by atoms with Crippen LogP contribution in [-0.4, -0.2) is 31.0 Å². The number of benzene rings is 1. The first-order valence-electron chi connectivity index (χ1n) is 8.22. The monoisotopic (exact) mass is 343 g/mol. The summed E-state index contributed by atoms with van der Waals surface area (Å²) >= 11 is 0. The number of furan rings is 1. The van der Waals surface area contributed by atoms with Crippen molar-refractivity contribution in [2.45, 2.75) is 18.9 Å². The molecule has 1 atom stereocenters. The minimum absolute atomic E-state index is 0.0177. The Hall–Kier alpha value is -2.80. The maximum Gasteiger partial charge on any atom is 0.291 e. The van der Waals surface area contributed by atoms with Crippen molar-refractivity contribution in [1.82, 2.24) is 5.32 Å². The maximum absolute atomic E-state index is 11.9. The molecule has 7 heteroatoms. The molecule has 0 aliphatic heterocycles. The molecule has 1 unspecified atom stereocenters. The first kappa shape index (κ1) is 17.0. The molecule has 1 aliphatic carbocycles.